The van der Waals surface area contributed by atoms with Crippen LogP contribution in [0.2, 0.25) is 0 Å². The summed E-state index contributed by atoms with van der Waals surface area (Å²) in [5.74, 6) is 0.615. The van der Waals surface area contributed by atoms with Gasteiger partial charge < -0.3 is 10.2 Å². The summed E-state index contributed by atoms with van der Waals surface area (Å²) in [5.41, 5.74) is 3.70. The van der Waals surface area contributed by atoms with Gasteiger partial charge in [-0.3, -0.25) is 0 Å². The maximum Gasteiger partial charge on any atom is 0.0810 e. The average molecular weight is 260 g/mol. The Labute approximate surface area is 115 Å². The van der Waals surface area contributed by atoms with Gasteiger partial charge in [0.15, 0.2) is 0 Å². The molecule has 0 spiro atoms. The lowest BCUT2D eigenvalue weighted by molar-refractivity contribution is 0.170. The molecule has 0 heterocycles. The van der Waals surface area contributed by atoms with Crippen molar-refractivity contribution in [1.82, 2.24) is 0 Å². The normalized spacial score (nSPS) is 30.7. The summed E-state index contributed by atoms with van der Waals surface area (Å²) in [4.78, 5) is 0. The summed E-state index contributed by atoms with van der Waals surface area (Å²) in [6.07, 6.45) is 13.5. The summed E-state index contributed by atoms with van der Waals surface area (Å²) in [7, 11) is 0. The molecular formula is C17H24O2. The van der Waals surface area contributed by atoms with Gasteiger partial charge in [0, 0.05) is 18.4 Å². The first-order chi connectivity index (χ1) is 9.11. The van der Waals surface area contributed by atoms with E-state index >= 15 is 0 Å². The monoisotopic (exact) mass is 260 g/mol. The second-order valence-electron chi connectivity index (χ2n) is 5.67. The fourth-order valence-corrected chi connectivity index (χ4v) is 2.87. The van der Waals surface area contributed by atoms with Crippen LogP contribution in [0.4, 0.5) is 0 Å². The van der Waals surface area contributed by atoms with E-state index in [-0.39, 0.29) is 18.6 Å². The van der Waals surface area contributed by atoms with Crippen molar-refractivity contribution in [2.24, 2.45) is 11.8 Å². The van der Waals surface area contributed by atoms with Crippen LogP contribution < -0.4 is 0 Å². The molecule has 0 aromatic carbocycles. The molecule has 2 aliphatic carbocycles. The minimum absolute atomic E-state index is 0.195. The van der Waals surface area contributed by atoms with E-state index < -0.39 is 0 Å². The summed E-state index contributed by atoms with van der Waals surface area (Å²) in [5, 5.41) is 18.9. The van der Waals surface area contributed by atoms with E-state index in [9.17, 15) is 5.11 Å². The van der Waals surface area contributed by atoms with E-state index in [1.54, 1.807) is 0 Å². The lowest BCUT2D eigenvalue weighted by Gasteiger charge is -2.27. The Hall–Kier alpha value is -1.12. The predicted molar refractivity (Wildman–Crippen MR) is 78.7 cm³/mol. The molecule has 0 aromatic heterocycles. The highest BCUT2D eigenvalue weighted by Crippen LogP contribution is 2.32. The van der Waals surface area contributed by atoms with Crippen molar-refractivity contribution in [3.05, 3.63) is 47.1 Å². The fraction of sp³-hybridized carbons (Fsp3) is 0.529. The first kappa shape index (κ1) is 14.3. The molecule has 0 saturated heterocycles. The number of aliphatic hydroxyl groups excluding tert-OH is 2. The second-order valence-corrected chi connectivity index (χ2v) is 5.67. The molecule has 2 rings (SSSR count). The van der Waals surface area contributed by atoms with Gasteiger partial charge in [0.1, 0.15) is 0 Å². The van der Waals surface area contributed by atoms with E-state index in [1.807, 2.05) is 6.92 Å². The Balaban J connectivity index is 2.12. The molecule has 0 amide bonds. The summed E-state index contributed by atoms with van der Waals surface area (Å²) < 4.78 is 0. The molecule has 0 aromatic rings. The molecule has 0 bridgehead atoms. The summed E-state index contributed by atoms with van der Waals surface area (Å²) >= 11 is 0. The zero-order valence-electron chi connectivity index (χ0n) is 11.8. The van der Waals surface area contributed by atoms with Crippen LogP contribution in [0.1, 0.15) is 33.1 Å². The Morgan fingerprint density at radius 1 is 1.32 bits per heavy atom. The van der Waals surface area contributed by atoms with Gasteiger partial charge in [-0.15, -0.1) is 0 Å². The molecule has 3 atom stereocenters. The molecule has 3 unspecified atom stereocenters. The molecule has 0 radical (unpaired) electrons. The third-order valence-electron chi connectivity index (χ3n) is 4.00. The number of rotatable bonds is 4. The number of aliphatic hydroxyl groups is 2. The van der Waals surface area contributed by atoms with E-state index in [0.29, 0.717) is 5.92 Å². The maximum atomic E-state index is 9.96. The zero-order valence-corrected chi connectivity index (χ0v) is 11.8. The van der Waals surface area contributed by atoms with Crippen molar-refractivity contribution >= 4 is 0 Å². The first-order valence-corrected chi connectivity index (χ1v) is 7.18. The predicted octanol–water partition coefficient (Wildman–Crippen LogP) is 3.14. The van der Waals surface area contributed by atoms with Crippen LogP contribution in [-0.4, -0.2) is 22.9 Å². The van der Waals surface area contributed by atoms with Crippen molar-refractivity contribution in [2.75, 3.05) is 6.61 Å². The Morgan fingerprint density at radius 3 is 2.79 bits per heavy atom. The maximum absolute atomic E-state index is 9.96. The molecule has 0 aliphatic heterocycles. The Kier molecular flexibility index (Phi) is 4.78. The molecule has 2 heteroatoms. The van der Waals surface area contributed by atoms with Crippen LogP contribution in [0, 0.1) is 11.8 Å². The average Bonchev–Trinajstić information content (AvgIpc) is 2.42. The van der Waals surface area contributed by atoms with Gasteiger partial charge in [-0.2, -0.15) is 0 Å². The SMILES string of the molecule is CC1=CC(C2C=C(CCCO)C=CC2)=CC(C)C1O. The number of hydrogen-bond donors (Lipinski definition) is 2. The molecule has 0 fully saturated rings. The largest absolute Gasteiger partial charge is 0.396 e. The number of hydrogen-bond acceptors (Lipinski definition) is 2. The minimum Gasteiger partial charge on any atom is -0.396 e. The lowest BCUT2D eigenvalue weighted by Crippen LogP contribution is -2.22. The highest BCUT2D eigenvalue weighted by atomic mass is 16.3. The van der Waals surface area contributed by atoms with Crippen LogP contribution in [0.25, 0.3) is 0 Å². The molecule has 19 heavy (non-hydrogen) atoms. The van der Waals surface area contributed by atoms with Gasteiger partial charge in [-0.25, -0.2) is 0 Å². The highest BCUT2D eigenvalue weighted by Gasteiger charge is 2.22. The van der Waals surface area contributed by atoms with E-state index in [0.717, 1.165) is 24.8 Å². The Morgan fingerprint density at radius 2 is 2.11 bits per heavy atom. The van der Waals surface area contributed by atoms with Crippen LogP contribution in [0.5, 0.6) is 0 Å². The third-order valence-corrected chi connectivity index (χ3v) is 4.00. The summed E-state index contributed by atoms with van der Waals surface area (Å²) in [6.45, 7) is 4.32. The highest BCUT2D eigenvalue weighted by molar-refractivity contribution is 5.38. The van der Waals surface area contributed by atoms with Gasteiger partial charge >= 0.3 is 0 Å². The van der Waals surface area contributed by atoms with Gasteiger partial charge in [-0.05, 0) is 37.3 Å². The van der Waals surface area contributed by atoms with Gasteiger partial charge in [0.05, 0.1) is 6.10 Å². The van der Waals surface area contributed by atoms with Crippen molar-refractivity contribution < 1.29 is 10.2 Å². The van der Waals surface area contributed by atoms with Crippen molar-refractivity contribution in [3.8, 4) is 0 Å². The van der Waals surface area contributed by atoms with Crippen LogP contribution in [-0.2, 0) is 0 Å². The molecule has 104 valence electrons. The molecular weight excluding hydrogens is 236 g/mol. The standard InChI is InChI=1S/C17H24O2/c1-12-9-16(10-13(2)17(12)19)15-7-3-5-14(11-15)6-4-8-18/h3,5,9-12,15,17-19H,4,6-8H2,1-2H3. The van der Waals surface area contributed by atoms with Crippen molar-refractivity contribution in [3.63, 3.8) is 0 Å². The topological polar surface area (TPSA) is 40.5 Å². The van der Waals surface area contributed by atoms with E-state index in [2.05, 4.69) is 37.3 Å². The first-order valence-electron chi connectivity index (χ1n) is 7.18. The van der Waals surface area contributed by atoms with Crippen molar-refractivity contribution in [1.29, 1.82) is 0 Å². The molecule has 2 aliphatic rings. The van der Waals surface area contributed by atoms with Gasteiger partial charge in [-0.1, -0.05) is 42.9 Å². The van der Waals surface area contributed by atoms with E-state index in [4.69, 9.17) is 5.11 Å². The Bertz CT molecular complexity index is 440. The molecule has 2 N–H and O–H groups in total. The lowest BCUT2D eigenvalue weighted by atomic mass is 9.81. The van der Waals surface area contributed by atoms with Crippen molar-refractivity contribution in [2.45, 2.75) is 39.2 Å². The van der Waals surface area contributed by atoms with Crippen LogP contribution in [0.3, 0.4) is 0 Å². The van der Waals surface area contributed by atoms with Gasteiger partial charge in [0.2, 0.25) is 0 Å². The second kappa shape index (κ2) is 6.36. The zero-order chi connectivity index (χ0) is 13.8. The van der Waals surface area contributed by atoms with Crippen LogP contribution in [0.15, 0.2) is 47.1 Å². The van der Waals surface area contributed by atoms with Gasteiger partial charge in [0.25, 0.3) is 0 Å². The third kappa shape index (κ3) is 3.46. The minimum atomic E-state index is -0.333. The summed E-state index contributed by atoms with van der Waals surface area (Å²) in [6, 6.07) is 0. The van der Waals surface area contributed by atoms with Crippen LogP contribution >= 0.6 is 0 Å². The quantitative estimate of drug-likeness (QED) is 0.815. The smallest absolute Gasteiger partial charge is 0.0810 e. The fourth-order valence-electron chi connectivity index (χ4n) is 2.87. The number of allylic oxidation sites excluding steroid dienone is 6. The molecule has 0 saturated carbocycles. The van der Waals surface area contributed by atoms with E-state index in [1.165, 1.54) is 11.1 Å². The molecule has 2 nitrogen and oxygen atoms in total.